The highest BCUT2D eigenvalue weighted by molar-refractivity contribution is 6.13. The molecule has 5 aromatic heterocycles. The quantitative estimate of drug-likeness (QED) is 0.0667. The number of rotatable bonds is 15. The molecule has 2 fully saturated rings. The Hall–Kier alpha value is -7.30. The van der Waals surface area contributed by atoms with E-state index in [0.29, 0.717) is 74.1 Å². The van der Waals surface area contributed by atoms with Crippen LogP contribution in [0.5, 0.6) is 0 Å². The molecule has 0 spiro atoms. The Morgan fingerprint density at radius 2 is 1.91 bits per heavy atom. The lowest BCUT2D eigenvalue weighted by Gasteiger charge is -2.31. The summed E-state index contributed by atoms with van der Waals surface area (Å²) >= 11 is 0. The number of imidazole rings is 1. The summed E-state index contributed by atoms with van der Waals surface area (Å²) in [6.45, 7) is 14.7. The first-order valence-electron chi connectivity index (χ1n) is 22.1. The van der Waals surface area contributed by atoms with E-state index in [1.165, 1.54) is 0 Å². The minimum Gasteiger partial charge on any atom is -0.385 e. The van der Waals surface area contributed by atoms with Gasteiger partial charge in [0.25, 0.3) is 11.8 Å². The predicted molar refractivity (Wildman–Crippen MR) is 242 cm³/mol. The number of benzene rings is 2. The number of nitrogens with one attached hydrogen (secondary N) is 5. The van der Waals surface area contributed by atoms with Gasteiger partial charge in [0.15, 0.2) is 0 Å². The minimum atomic E-state index is -0.497. The van der Waals surface area contributed by atoms with E-state index in [1.807, 2.05) is 47.5 Å². The first-order chi connectivity index (χ1) is 31.0. The summed E-state index contributed by atoms with van der Waals surface area (Å²) in [4.78, 5) is 59.1. The van der Waals surface area contributed by atoms with Crippen LogP contribution in [0.15, 0.2) is 65.7 Å². The Morgan fingerprint density at radius 3 is 2.69 bits per heavy atom. The monoisotopic (exact) mass is 861 g/mol. The zero-order chi connectivity index (χ0) is 44.2. The average Bonchev–Trinajstić information content (AvgIpc) is 3.52. The second-order valence-corrected chi connectivity index (χ2v) is 17.1. The molecule has 1 aliphatic carbocycles. The van der Waals surface area contributed by atoms with Gasteiger partial charge in [-0.05, 0) is 95.2 Å². The summed E-state index contributed by atoms with van der Waals surface area (Å²) in [6, 6.07) is 11.5. The van der Waals surface area contributed by atoms with Crippen LogP contribution in [0, 0.1) is 20.8 Å². The van der Waals surface area contributed by atoms with Crippen LogP contribution in [0.4, 0.5) is 17.3 Å². The molecule has 7 aromatic rings. The molecule has 0 bridgehead atoms. The molecular weight excluding hydrogens is 811 g/mol. The number of piperidine rings is 1. The highest BCUT2D eigenvalue weighted by Crippen LogP contribution is 2.42. The zero-order valence-corrected chi connectivity index (χ0v) is 36.5. The maximum absolute atomic E-state index is 13.8. The van der Waals surface area contributed by atoms with E-state index in [4.69, 9.17) is 19.6 Å². The van der Waals surface area contributed by atoms with Gasteiger partial charge in [0.05, 0.1) is 28.8 Å². The van der Waals surface area contributed by atoms with E-state index in [2.05, 4.69) is 75.0 Å². The fraction of sp³-hybridized carbons (Fsp3) is 0.362. The van der Waals surface area contributed by atoms with Gasteiger partial charge in [-0.1, -0.05) is 17.8 Å². The van der Waals surface area contributed by atoms with Crippen molar-refractivity contribution >= 4 is 57.0 Å². The molecule has 17 nitrogen and oxygen atoms in total. The van der Waals surface area contributed by atoms with Crippen LogP contribution in [-0.4, -0.2) is 81.2 Å². The molecule has 2 aromatic carbocycles. The van der Waals surface area contributed by atoms with Crippen LogP contribution in [-0.2, 0) is 30.8 Å². The number of aromatic amines is 1. The number of hydrogen-bond acceptors (Lipinski definition) is 11. The topological polar surface area (TPSA) is 206 Å². The summed E-state index contributed by atoms with van der Waals surface area (Å²) in [5.41, 5.74) is 10.3. The van der Waals surface area contributed by atoms with E-state index in [9.17, 15) is 14.4 Å². The number of H-pyrrole nitrogens is 1. The minimum absolute atomic E-state index is 0.0409. The summed E-state index contributed by atoms with van der Waals surface area (Å²) in [5.74, 6) is 1.91. The number of amides is 3. The van der Waals surface area contributed by atoms with Crippen molar-refractivity contribution in [2.75, 3.05) is 23.7 Å². The van der Waals surface area contributed by atoms with Gasteiger partial charge in [-0.3, -0.25) is 14.4 Å². The Kier molecular flexibility index (Phi) is 10.5. The molecule has 7 heterocycles. The standard InChI is InChI=1S/C47H51N13O4/c1-6-60-39(21-36(56-60)29-12-13-29)53-43-41-33-19-25(2)32(40-27(4)57-64-28(40)5)20-37(33)52-42(41)54-44(55-43)46(62)49-17-15-30-22-58(24-50-30)18-8-16-48-35-10-7-9-31-34(35)23-59(47(31)63)38-14-11-26(3)51-45(38)61/h7,9-10,19-22,24,29,38,48H,3,6,8,11-18,23H2,1-2,4-5H3,(H,49,62)(H,51,61)(H2,52,53,54,55). The molecule has 5 N–H and O–H groups in total. The van der Waals surface area contributed by atoms with Gasteiger partial charge in [0.1, 0.15) is 29.1 Å². The fourth-order valence-electron chi connectivity index (χ4n) is 9.12. The third-order valence-corrected chi connectivity index (χ3v) is 12.6. The number of fused-ring (bicyclic) bond motifs is 4. The lowest BCUT2D eigenvalue weighted by molar-refractivity contribution is -0.126. The van der Waals surface area contributed by atoms with E-state index in [0.717, 1.165) is 98.7 Å². The van der Waals surface area contributed by atoms with Crippen LogP contribution in [0.2, 0.25) is 0 Å². The predicted octanol–water partition coefficient (Wildman–Crippen LogP) is 6.95. The van der Waals surface area contributed by atoms with Crippen LogP contribution in [0.25, 0.3) is 33.1 Å². The van der Waals surface area contributed by atoms with Gasteiger partial charge < -0.3 is 40.2 Å². The third kappa shape index (κ3) is 7.64. The molecule has 0 radical (unpaired) electrons. The van der Waals surface area contributed by atoms with Crippen molar-refractivity contribution in [1.82, 2.24) is 55.0 Å². The Labute approximate surface area is 369 Å². The summed E-state index contributed by atoms with van der Waals surface area (Å²) in [6.07, 6.45) is 8.64. The van der Waals surface area contributed by atoms with Crippen molar-refractivity contribution in [3.63, 3.8) is 0 Å². The normalized spacial score (nSPS) is 16.2. The molecule has 1 saturated carbocycles. The van der Waals surface area contributed by atoms with Crippen LogP contribution < -0.4 is 21.3 Å². The first kappa shape index (κ1) is 40.8. The molecule has 17 heteroatoms. The Morgan fingerprint density at radius 1 is 1.05 bits per heavy atom. The molecule has 1 atom stereocenters. The lowest BCUT2D eigenvalue weighted by atomic mass is 9.97. The largest absolute Gasteiger partial charge is 0.385 e. The van der Waals surface area contributed by atoms with Crippen molar-refractivity contribution in [3.05, 3.63) is 107 Å². The number of allylic oxidation sites excluding steroid dienone is 1. The Bertz CT molecular complexity index is 2990. The van der Waals surface area contributed by atoms with Crippen molar-refractivity contribution in [2.24, 2.45) is 0 Å². The van der Waals surface area contributed by atoms with Gasteiger partial charge in [-0.15, -0.1) is 0 Å². The van der Waals surface area contributed by atoms with Crippen LogP contribution >= 0.6 is 0 Å². The van der Waals surface area contributed by atoms with Gasteiger partial charge in [-0.25, -0.2) is 19.6 Å². The second kappa shape index (κ2) is 16.4. The number of nitrogens with zero attached hydrogens (tertiary/aromatic N) is 8. The lowest BCUT2D eigenvalue weighted by Crippen LogP contribution is -2.49. The molecule has 1 saturated heterocycles. The van der Waals surface area contributed by atoms with Gasteiger partial charge in [-0.2, -0.15) is 5.10 Å². The van der Waals surface area contributed by atoms with Gasteiger partial charge >= 0.3 is 0 Å². The number of carbonyl (C=O) groups is 3. The van der Waals surface area contributed by atoms with Crippen molar-refractivity contribution in [2.45, 2.75) is 97.8 Å². The van der Waals surface area contributed by atoms with Crippen LogP contribution in [0.1, 0.15) is 99.9 Å². The van der Waals surface area contributed by atoms with E-state index >= 15 is 0 Å². The molecule has 1 unspecified atom stereocenters. The summed E-state index contributed by atoms with van der Waals surface area (Å²) < 4.78 is 9.48. The summed E-state index contributed by atoms with van der Waals surface area (Å²) in [5, 5.41) is 23.6. The maximum atomic E-state index is 13.8. The van der Waals surface area contributed by atoms with Crippen molar-refractivity contribution in [3.8, 4) is 11.1 Å². The fourth-order valence-corrected chi connectivity index (χ4v) is 9.12. The molecule has 10 rings (SSSR count). The molecule has 64 heavy (non-hydrogen) atoms. The highest BCUT2D eigenvalue weighted by atomic mass is 16.5. The third-order valence-electron chi connectivity index (χ3n) is 12.6. The van der Waals surface area contributed by atoms with Gasteiger partial charge in [0.2, 0.25) is 11.7 Å². The van der Waals surface area contributed by atoms with E-state index < -0.39 is 11.9 Å². The molecular formula is C47H51N13O4. The first-order valence-corrected chi connectivity index (χ1v) is 22.1. The van der Waals surface area contributed by atoms with Gasteiger partial charge in [0, 0.05) is 96.3 Å². The second-order valence-electron chi connectivity index (χ2n) is 17.1. The summed E-state index contributed by atoms with van der Waals surface area (Å²) in [7, 11) is 0. The molecule has 328 valence electrons. The number of aromatic nitrogens is 8. The zero-order valence-electron chi connectivity index (χ0n) is 36.5. The SMILES string of the molecule is C=C1CCC(N2Cc3c(NCCCn4cnc(CCNC(=O)c5nc(Nc6cc(C7CC7)nn6CC)c6c(n5)[nH]c5cc(-c7c(C)noc7C)c(C)cc56)c4)cccc3C2=O)C(=O)N1. The van der Waals surface area contributed by atoms with Crippen LogP contribution in [0.3, 0.4) is 0 Å². The Balaban J connectivity index is 0.800. The molecule has 2 aliphatic heterocycles. The van der Waals surface area contributed by atoms with Crippen molar-refractivity contribution < 1.29 is 18.9 Å². The number of carbonyl (C=O) groups excluding carboxylic acids is 3. The van der Waals surface area contributed by atoms with E-state index in [1.54, 1.807) is 11.2 Å². The average molecular weight is 862 g/mol. The highest BCUT2D eigenvalue weighted by Gasteiger charge is 2.39. The number of anilines is 3. The van der Waals surface area contributed by atoms with E-state index in [-0.39, 0.29) is 17.6 Å². The smallest absolute Gasteiger partial charge is 0.289 e. The number of hydrogen-bond donors (Lipinski definition) is 5. The van der Waals surface area contributed by atoms with Crippen molar-refractivity contribution in [1.29, 1.82) is 0 Å². The molecule has 3 aliphatic rings. The maximum Gasteiger partial charge on any atom is 0.289 e. The number of aryl methyl sites for hydroxylation is 5. The molecule has 3 amide bonds.